The van der Waals surface area contributed by atoms with Crippen molar-refractivity contribution in [2.45, 2.75) is 0 Å². The Morgan fingerprint density at radius 3 is 0.765 bits per heavy atom. The fourth-order valence-electron chi connectivity index (χ4n) is 0. The van der Waals surface area contributed by atoms with E-state index >= 15 is 0 Å². The van der Waals surface area contributed by atoms with Crippen molar-refractivity contribution < 1.29 is 78.7 Å². The normalized spacial score (nSPS) is 5.65. The van der Waals surface area contributed by atoms with Gasteiger partial charge in [0.05, 0.1) is 17.9 Å². The molecule has 0 aliphatic carbocycles. The number of carbonyl (C=O) groups is 3. The van der Waals surface area contributed by atoms with Crippen molar-refractivity contribution in [3.63, 3.8) is 0 Å². The van der Waals surface area contributed by atoms with E-state index in [0.29, 0.717) is 0 Å². The number of carboxylic acids is 3. The topological polar surface area (TPSA) is 120 Å². The van der Waals surface area contributed by atoms with Crippen LogP contribution < -0.4 is 44.9 Å². The molecule has 0 N–H and O–H groups in total. The zero-order valence-corrected chi connectivity index (χ0v) is 14.5. The van der Waals surface area contributed by atoms with E-state index in [9.17, 15) is 0 Å². The van der Waals surface area contributed by atoms with Gasteiger partial charge in [-0.2, -0.15) is 0 Å². The van der Waals surface area contributed by atoms with Gasteiger partial charge in [-0.1, -0.05) is 19.7 Å². The molecule has 0 spiro atoms. The van der Waals surface area contributed by atoms with Crippen LogP contribution in [-0.4, -0.2) is 17.9 Å². The molecule has 0 amide bonds. The molecule has 0 unspecified atom stereocenters. The molecule has 0 aliphatic rings. The third-order valence-electron chi connectivity index (χ3n) is 0.500. The first-order chi connectivity index (χ1) is 6.81. The molecule has 0 radical (unpaired) electrons. The molecule has 0 aromatic rings. The average molecular weight is 302 g/mol. The predicted molar refractivity (Wildman–Crippen MR) is 45.6 cm³/mol. The van der Waals surface area contributed by atoms with Crippen LogP contribution in [0.25, 0.3) is 0 Å². The summed E-state index contributed by atoms with van der Waals surface area (Å²) in [4.78, 5) is 27.4. The molecule has 0 bridgehead atoms. The van der Waals surface area contributed by atoms with Crippen molar-refractivity contribution in [2.75, 3.05) is 0 Å². The fraction of sp³-hybridized carbons (Fsp3) is 0. The summed E-state index contributed by atoms with van der Waals surface area (Å²) in [7, 11) is 0. The molecule has 0 fully saturated rings. The zero-order valence-electron chi connectivity index (χ0n) is 9.51. The van der Waals surface area contributed by atoms with Gasteiger partial charge in [-0.3, -0.25) is 0 Å². The second kappa shape index (κ2) is 24.5. The van der Waals surface area contributed by atoms with Crippen molar-refractivity contribution in [2.24, 2.45) is 0 Å². The van der Waals surface area contributed by atoms with Crippen LogP contribution in [0.4, 0.5) is 0 Å². The first-order valence-electron chi connectivity index (χ1n) is 3.32. The molecule has 0 heterocycles. The van der Waals surface area contributed by atoms with Crippen molar-refractivity contribution in [1.82, 2.24) is 0 Å². The minimum absolute atomic E-state index is 0. The van der Waals surface area contributed by atoms with E-state index in [0.717, 1.165) is 18.2 Å². The first-order valence-corrected chi connectivity index (χ1v) is 3.32. The second-order valence-electron chi connectivity index (χ2n) is 1.57. The quantitative estimate of drug-likeness (QED) is 0.378. The summed E-state index contributed by atoms with van der Waals surface area (Å²) in [6.07, 6.45) is 2.17. The van der Waals surface area contributed by atoms with E-state index in [2.05, 4.69) is 19.7 Å². The Morgan fingerprint density at radius 2 is 0.765 bits per heavy atom. The van der Waals surface area contributed by atoms with Crippen LogP contribution in [0.15, 0.2) is 38.0 Å². The predicted octanol–water partition coefficient (Wildman–Crippen LogP) is -6.23. The van der Waals surface area contributed by atoms with Crippen LogP contribution in [0.1, 0.15) is 0 Å². The average Bonchev–Trinajstić information content (AvgIpc) is 2.19. The summed E-state index contributed by atoms with van der Waals surface area (Å²) < 4.78 is 0. The summed E-state index contributed by atoms with van der Waals surface area (Å²) in [5, 5.41) is 27.4. The Hall–Kier alpha value is -0.747. The third-order valence-corrected chi connectivity index (χ3v) is 0.500. The molecule has 17 heavy (non-hydrogen) atoms. The number of hydrogen-bond acceptors (Lipinski definition) is 6. The van der Waals surface area contributed by atoms with E-state index in [-0.39, 0.29) is 49.0 Å². The molecule has 0 aliphatic heterocycles. The maximum Gasteiger partial charge on any atom is 2.00 e. The van der Waals surface area contributed by atoms with Gasteiger partial charge in [-0.15, -0.1) is 0 Å². The van der Waals surface area contributed by atoms with E-state index in [1.807, 2.05) is 0 Å². The molecule has 0 saturated carbocycles. The van der Waals surface area contributed by atoms with Crippen LogP contribution in [0, 0.1) is 0 Å². The molecular weight excluding hydrogens is 292 g/mol. The summed E-state index contributed by atoms with van der Waals surface area (Å²) >= 11 is 0. The van der Waals surface area contributed by atoms with E-state index in [1.165, 1.54) is 0 Å². The molecule has 6 nitrogen and oxygen atoms in total. The van der Waals surface area contributed by atoms with Gasteiger partial charge in [0.2, 0.25) is 0 Å². The van der Waals surface area contributed by atoms with Gasteiger partial charge in [0.1, 0.15) is 0 Å². The van der Waals surface area contributed by atoms with Gasteiger partial charge in [0, 0.05) is 0 Å². The van der Waals surface area contributed by atoms with Gasteiger partial charge in [0.15, 0.2) is 0 Å². The minimum atomic E-state index is -1.23. The van der Waals surface area contributed by atoms with Crippen molar-refractivity contribution in [3.05, 3.63) is 38.0 Å². The standard InChI is InChI=1S/3C3H4O2.Na.Zn/c3*1-2-3(4)5;;/h3*2H,1H2,(H,4,5);;/q;;;+1;+2/p-3. The Kier molecular flexibility index (Phi) is 43.0. The number of rotatable bonds is 3. The summed E-state index contributed by atoms with van der Waals surface area (Å²) in [6, 6.07) is 0. The molecule has 0 atom stereocenters. The van der Waals surface area contributed by atoms with E-state index < -0.39 is 17.9 Å². The van der Waals surface area contributed by atoms with Crippen LogP contribution in [-0.2, 0) is 33.9 Å². The number of hydrogen-bond donors (Lipinski definition) is 0. The molecule has 0 saturated heterocycles. The smallest absolute Gasteiger partial charge is 0.545 e. The van der Waals surface area contributed by atoms with Crippen molar-refractivity contribution in [1.29, 1.82) is 0 Å². The molecule has 0 aromatic carbocycles. The Labute approximate surface area is 134 Å². The van der Waals surface area contributed by atoms with E-state index in [1.54, 1.807) is 0 Å². The second-order valence-corrected chi connectivity index (χ2v) is 1.57. The van der Waals surface area contributed by atoms with Gasteiger partial charge in [-0.05, 0) is 18.2 Å². The fourth-order valence-corrected chi connectivity index (χ4v) is 0. The molecule has 0 rings (SSSR count). The van der Waals surface area contributed by atoms with Crippen LogP contribution in [0.5, 0.6) is 0 Å². The van der Waals surface area contributed by atoms with Gasteiger partial charge in [-0.25, -0.2) is 0 Å². The largest absolute Gasteiger partial charge is 2.00 e. The SMILES string of the molecule is C=CC(=O)[O-].C=CC(=O)[O-].C=CC(=O)[O-].[Na+].[Zn+2]. The molecule has 84 valence electrons. The van der Waals surface area contributed by atoms with Gasteiger partial charge in [0.25, 0.3) is 0 Å². The zero-order chi connectivity index (χ0) is 12.9. The molecular formula is C9H9NaO6Zn. The number of carboxylic acid groups (broad SMARTS) is 3. The Bertz CT molecular complexity index is 221. The van der Waals surface area contributed by atoms with Crippen molar-refractivity contribution >= 4 is 17.9 Å². The summed E-state index contributed by atoms with van der Waals surface area (Å²) in [5.74, 6) is -3.69. The maximum absolute atomic E-state index is 9.14. The monoisotopic (exact) mass is 300 g/mol. The molecule has 8 heteroatoms. The van der Waals surface area contributed by atoms with Crippen LogP contribution in [0.3, 0.4) is 0 Å². The van der Waals surface area contributed by atoms with Gasteiger partial charge >= 0.3 is 49.0 Å². The number of aliphatic carboxylic acids is 3. The minimum Gasteiger partial charge on any atom is -0.545 e. The van der Waals surface area contributed by atoms with Crippen LogP contribution >= 0.6 is 0 Å². The first kappa shape index (κ1) is 29.9. The third kappa shape index (κ3) is 97.1. The summed E-state index contributed by atoms with van der Waals surface area (Å²) in [5.41, 5.74) is 0. The number of carbonyl (C=O) groups excluding carboxylic acids is 3. The van der Waals surface area contributed by atoms with Crippen LogP contribution in [0.2, 0.25) is 0 Å². The van der Waals surface area contributed by atoms with Gasteiger partial charge < -0.3 is 29.7 Å². The molecule has 0 aromatic heterocycles. The van der Waals surface area contributed by atoms with E-state index in [4.69, 9.17) is 29.7 Å². The Balaban J connectivity index is -0.0000000400. The summed E-state index contributed by atoms with van der Waals surface area (Å²) in [6.45, 7) is 8.69. The Morgan fingerprint density at radius 1 is 0.706 bits per heavy atom. The van der Waals surface area contributed by atoms with Crippen molar-refractivity contribution in [3.8, 4) is 0 Å². The maximum atomic E-state index is 9.14.